The maximum atomic E-state index is 13.0. The lowest BCUT2D eigenvalue weighted by Gasteiger charge is -2.12. The smallest absolute Gasteiger partial charge is 0.364 e. The topological polar surface area (TPSA) is 81.8 Å². The summed E-state index contributed by atoms with van der Waals surface area (Å²) >= 11 is 2.22. The summed E-state index contributed by atoms with van der Waals surface area (Å²) in [4.78, 5) is 15.3. The molecule has 3 aromatic rings. The van der Waals surface area contributed by atoms with E-state index in [1.165, 1.54) is 28.8 Å². The molecule has 0 fully saturated rings. The van der Waals surface area contributed by atoms with Gasteiger partial charge >= 0.3 is 6.18 Å². The van der Waals surface area contributed by atoms with Gasteiger partial charge in [-0.2, -0.15) is 13.2 Å². The number of hydrogen-bond acceptors (Lipinski definition) is 6. The van der Waals surface area contributed by atoms with Gasteiger partial charge in [0.25, 0.3) is 5.91 Å². The fraction of sp³-hybridized carbons (Fsp3) is 0.125. The molecule has 2 N–H and O–H groups in total. The molecule has 10 heteroatoms. The Hall–Kier alpha value is -2.46. The lowest BCUT2D eigenvalue weighted by Crippen LogP contribution is -2.11. The number of halogens is 3. The van der Waals surface area contributed by atoms with Crippen molar-refractivity contribution in [2.45, 2.75) is 11.1 Å². The van der Waals surface area contributed by atoms with Crippen LogP contribution in [-0.4, -0.2) is 27.3 Å². The van der Waals surface area contributed by atoms with Gasteiger partial charge in [0.1, 0.15) is 16.4 Å². The Morgan fingerprint density at radius 1 is 1.15 bits per heavy atom. The number of alkyl halides is 3. The fourth-order valence-electron chi connectivity index (χ4n) is 2.19. The SMILES string of the molecule is CSc1cc(-c2ccc(-c3nc(C(N)=O)cs3)nn2)ccc1C(F)(F)F. The molecule has 1 amide bonds. The van der Waals surface area contributed by atoms with Crippen LogP contribution in [0.25, 0.3) is 22.0 Å². The number of nitrogens with zero attached hydrogens (tertiary/aromatic N) is 3. The van der Waals surface area contributed by atoms with Crippen molar-refractivity contribution < 1.29 is 18.0 Å². The van der Waals surface area contributed by atoms with Crippen LogP contribution in [0.4, 0.5) is 13.2 Å². The van der Waals surface area contributed by atoms with Crippen LogP contribution in [0.2, 0.25) is 0 Å². The summed E-state index contributed by atoms with van der Waals surface area (Å²) < 4.78 is 39.0. The molecule has 26 heavy (non-hydrogen) atoms. The highest BCUT2D eigenvalue weighted by Gasteiger charge is 2.33. The van der Waals surface area contributed by atoms with Gasteiger partial charge in [-0.3, -0.25) is 4.79 Å². The first kappa shape index (κ1) is 18.3. The number of thioether (sulfide) groups is 1. The van der Waals surface area contributed by atoms with Crippen LogP contribution >= 0.6 is 23.1 Å². The van der Waals surface area contributed by atoms with Gasteiger partial charge < -0.3 is 5.73 Å². The first-order valence-electron chi connectivity index (χ1n) is 7.14. The van der Waals surface area contributed by atoms with Crippen molar-refractivity contribution in [3.8, 4) is 22.0 Å². The summed E-state index contributed by atoms with van der Waals surface area (Å²) in [6.45, 7) is 0. The van der Waals surface area contributed by atoms with Crippen LogP contribution in [0.5, 0.6) is 0 Å². The Kier molecular flexibility index (Phi) is 4.97. The zero-order valence-electron chi connectivity index (χ0n) is 13.2. The van der Waals surface area contributed by atoms with Crippen LogP contribution in [0.3, 0.4) is 0 Å². The molecule has 134 valence electrons. The second kappa shape index (κ2) is 7.04. The number of carbonyl (C=O) groups is 1. The van der Waals surface area contributed by atoms with Gasteiger partial charge in [0.05, 0.1) is 11.3 Å². The van der Waals surface area contributed by atoms with Gasteiger partial charge in [-0.1, -0.05) is 6.07 Å². The molecule has 2 heterocycles. The van der Waals surface area contributed by atoms with Gasteiger partial charge in [-0.05, 0) is 30.5 Å². The molecule has 5 nitrogen and oxygen atoms in total. The van der Waals surface area contributed by atoms with E-state index in [-0.39, 0.29) is 10.6 Å². The monoisotopic (exact) mass is 396 g/mol. The molecule has 0 aliphatic heterocycles. The molecule has 1 aromatic carbocycles. The number of aromatic nitrogens is 3. The normalized spacial score (nSPS) is 11.5. The Morgan fingerprint density at radius 3 is 2.38 bits per heavy atom. The number of primary amides is 1. The van der Waals surface area contributed by atoms with Crippen molar-refractivity contribution in [3.63, 3.8) is 0 Å². The molecule has 3 rings (SSSR count). The second-order valence-corrected chi connectivity index (χ2v) is 6.82. The maximum absolute atomic E-state index is 13.0. The van der Waals surface area contributed by atoms with Crippen LogP contribution in [-0.2, 0) is 6.18 Å². The summed E-state index contributed by atoms with van der Waals surface area (Å²) in [6, 6.07) is 7.12. The van der Waals surface area contributed by atoms with Crippen molar-refractivity contribution in [2.75, 3.05) is 6.26 Å². The zero-order chi connectivity index (χ0) is 18.9. The quantitative estimate of drug-likeness (QED) is 0.671. The molecule has 0 unspecified atom stereocenters. The number of thiazole rings is 1. The maximum Gasteiger partial charge on any atom is 0.417 e. The molecule has 0 bridgehead atoms. The van der Waals surface area contributed by atoms with Crippen molar-refractivity contribution in [1.29, 1.82) is 0 Å². The van der Waals surface area contributed by atoms with E-state index in [1.54, 1.807) is 18.4 Å². The average molecular weight is 396 g/mol. The molecule has 2 aromatic heterocycles. The second-order valence-electron chi connectivity index (χ2n) is 5.12. The molecular weight excluding hydrogens is 385 g/mol. The average Bonchev–Trinajstić information content (AvgIpc) is 3.11. The highest BCUT2D eigenvalue weighted by molar-refractivity contribution is 7.98. The summed E-state index contributed by atoms with van der Waals surface area (Å²) in [7, 11) is 0. The number of hydrogen-bond donors (Lipinski definition) is 1. The van der Waals surface area contributed by atoms with E-state index in [4.69, 9.17) is 5.73 Å². The summed E-state index contributed by atoms with van der Waals surface area (Å²) in [5.41, 5.74) is 6.03. The Bertz CT molecular complexity index is 955. The van der Waals surface area contributed by atoms with E-state index in [2.05, 4.69) is 15.2 Å². The minimum absolute atomic E-state index is 0.118. The molecule has 0 atom stereocenters. The largest absolute Gasteiger partial charge is 0.417 e. The third kappa shape index (κ3) is 3.70. The van der Waals surface area contributed by atoms with Crippen LogP contribution in [0.15, 0.2) is 40.6 Å². The molecular formula is C16H11F3N4OS2. The standard InChI is InChI=1S/C16H11F3N4OS2/c1-25-13-6-8(2-3-9(13)16(17,18)19)10-4-5-11(23-22-10)15-21-12(7-26-15)14(20)24/h2-7H,1H3,(H2,20,24). The lowest BCUT2D eigenvalue weighted by atomic mass is 10.1. The van der Waals surface area contributed by atoms with E-state index >= 15 is 0 Å². The van der Waals surface area contributed by atoms with Crippen molar-refractivity contribution in [2.24, 2.45) is 5.73 Å². The van der Waals surface area contributed by atoms with Gasteiger partial charge in [-0.15, -0.1) is 33.3 Å². The fourth-order valence-corrected chi connectivity index (χ4v) is 3.61. The summed E-state index contributed by atoms with van der Waals surface area (Å²) in [5.74, 6) is -0.633. The molecule has 0 radical (unpaired) electrons. The Balaban J connectivity index is 1.92. The van der Waals surface area contributed by atoms with E-state index < -0.39 is 17.6 Å². The number of nitrogens with two attached hydrogens (primary N) is 1. The lowest BCUT2D eigenvalue weighted by molar-refractivity contribution is -0.139. The number of carbonyl (C=O) groups excluding carboxylic acids is 1. The molecule has 0 saturated carbocycles. The minimum Gasteiger partial charge on any atom is -0.364 e. The van der Waals surface area contributed by atoms with E-state index in [1.807, 2.05) is 0 Å². The molecule has 0 spiro atoms. The van der Waals surface area contributed by atoms with Crippen LogP contribution in [0, 0.1) is 0 Å². The molecule has 0 aliphatic rings. The van der Waals surface area contributed by atoms with Crippen LogP contribution < -0.4 is 5.73 Å². The first-order valence-corrected chi connectivity index (χ1v) is 9.25. The predicted molar refractivity (Wildman–Crippen MR) is 93.9 cm³/mol. The van der Waals surface area contributed by atoms with Crippen molar-refractivity contribution in [3.05, 3.63) is 47.0 Å². The third-order valence-electron chi connectivity index (χ3n) is 3.44. The van der Waals surface area contributed by atoms with Crippen molar-refractivity contribution >= 4 is 29.0 Å². The number of amides is 1. The summed E-state index contributed by atoms with van der Waals surface area (Å²) in [5, 5.41) is 10.1. The zero-order valence-corrected chi connectivity index (χ0v) is 14.9. The van der Waals surface area contributed by atoms with Gasteiger partial charge in [0.15, 0.2) is 0 Å². The van der Waals surface area contributed by atoms with Crippen molar-refractivity contribution in [1.82, 2.24) is 15.2 Å². The molecule has 0 saturated heterocycles. The van der Waals surface area contributed by atoms with E-state index in [0.717, 1.165) is 17.8 Å². The first-order chi connectivity index (χ1) is 12.3. The van der Waals surface area contributed by atoms with Gasteiger partial charge in [0.2, 0.25) is 0 Å². The number of rotatable bonds is 4. The highest BCUT2D eigenvalue weighted by Crippen LogP contribution is 2.38. The Morgan fingerprint density at radius 2 is 1.85 bits per heavy atom. The van der Waals surface area contributed by atoms with E-state index in [0.29, 0.717) is 22.0 Å². The highest BCUT2D eigenvalue weighted by atomic mass is 32.2. The van der Waals surface area contributed by atoms with Gasteiger partial charge in [0, 0.05) is 15.8 Å². The van der Waals surface area contributed by atoms with Gasteiger partial charge in [-0.25, -0.2) is 4.98 Å². The Labute approximate surface area is 154 Å². The summed E-state index contributed by atoms with van der Waals surface area (Å²) in [6.07, 6.45) is -2.82. The predicted octanol–water partition coefficient (Wildman–Crippen LogP) is 4.11. The minimum atomic E-state index is -4.41. The third-order valence-corrected chi connectivity index (χ3v) is 5.09. The number of benzene rings is 1. The van der Waals surface area contributed by atoms with Crippen LogP contribution in [0.1, 0.15) is 16.1 Å². The molecule has 0 aliphatic carbocycles. The van der Waals surface area contributed by atoms with E-state index in [9.17, 15) is 18.0 Å².